The van der Waals surface area contributed by atoms with Gasteiger partial charge in [0.2, 0.25) is 0 Å². The highest BCUT2D eigenvalue weighted by molar-refractivity contribution is 5.29. The van der Waals surface area contributed by atoms with E-state index in [1.165, 1.54) is 6.07 Å². The molecule has 3 heteroatoms. The van der Waals surface area contributed by atoms with Crippen molar-refractivity contribution in [3.05, 3.63) is 35.1 Å². The zero-order valence-electron chi connectivity index (χ0n) is 12.5. The Morgan fingerprint density at radius 1 is 1.37 bits per heavy atom. The van der Waals surface area contributed by atoms with Crippen LogP contribution < -0.4 is 5.32 Å². The lowest BCUT2D eigenvalue weighted by atomic mass is 9.93. The van der Waals surface area contributed by atoms with Crippen molar-refractivity contribution in [1.29, 1.82) is 0 Å². The summed E-state index contributed by atoms with van der Waals surface area (Å²) in [5.41, 5.74) is 2.20. The first-order valence-electron chi connectivity index (χ1n) is 7.06. The van der Waals surface area contributed by atoms with Gasteiger partial charge in [0.25, 0.3) is 0 Å². The minimum absolute atomic E-state index is 0.164. The Morgan fingerprint density at radius 2 is 2.11 bits per heavy atom. The van der Waals surface area contributed by atoms with Crippen LogP contribution in [0.2, 0.25) is 0 Å². The molecule has 19 heavy (non-hydrogen) atoms. The Bertz CT molecular complexity index is 381. The first kappa shape index (κ1) is 16.1. The molecule has 0 saturated heterocycles. The number of ether oxygens (including phenoxy) is 1. The maximum Gasteiger partial charge on any atom is 0.123 e. The van der Waals surface area contributed by atoms with Gasteiger partial charge < -0.3 is 10.1 Å². The summed E-state index contributed by atoms with van der Waals surface area (Å²) in [6, 6.07) is 5.23. The monoisotopic (exact) mass is 267 g/mol. The van der Waals surface area contributed by atoms with Crippen LogP contribution in [0.25, 0.3) is 0 Å². The van der Waals surface area contributed by atoms with E-state index in [0.717, 1.165) is 37.1 Å². The van der Waals surface area contributed by atoms with Crippen LogP contribution in [0.3, 0.4) is 0 Å². The molecule has 0 bridgehead atoms. The van der Waals surface area contributed by atoms with Crippen LogP contribution in [0.1, 0.15) is 43.9 Å². The minimum Gasteiger partial charge on any atom is -0.384 e. The molecule has 2 nitrogen and oxygen atoms in total. The van der Waals surface area contributed by atoms with Gasteiger partial charge in [-0.15, -0.1) is 0 Å². The summed E-state index contributed by atoms with van der Waals surface area (Å²) < 4.78 is 18.7. The fourth-order valence-electron chi connectivity index (χ4n) is 2.38. The van der Waals surface area contributed by atoms with Gasteiger partial charge in [0, 0.05) is 19.8 Å². The summed E-state index contributed by atoms with van der Waals surface area (Å²) in [4.78, 5) is 0. The highest BCUT2D eigenvalue weighted by Gasteiger charge is 2.17. The van der Waals surface area contributed by atoms with Crippen molar-refractivity contribution < 1.29 is 9.13 Å². The summed E-state index contributed by atoms with van der Waals surface area (Å²) in [6.07, 6.45) is 2.03. The van der Waals surface area contributed by atoms with E-state index in [1.807, 2.05) is 13.0 Å². The van der Waals surface area contributed by atoms with Crippen molar-refractivity contribution in [1.82, 2.24) is 5.32 Å². The maximum atomic E-state index is 13.5. The number of benzene rings is 1. The number of hydrogen-bond donors (Lipinski definition) is 1. The molecular formula is C16H26FNO. The van der Waals surface area contributed by atoms with Gasteiger partial charge in [0.05, 0.1) is 0 Å². The van der Waals surface area contributed by atoms with E-state index in [9.17, 15) is 4.39 Å². The molecule has 1 aromatic rings. The molecule has 1 rings (SSSR count). The van der Waals surface area contributed by atoms with E-state index >= 15 is 0 Å². The van der Waals surface area contributed by atoms with E-state index < -0.39 is 0 Å². The number of halogens is 1. The van der Waals surface area contributed by atoms with Crippen LogP contribution in [0.5, 0.6) is 0 Å². The lowest BCUT2D eigenvalue weighted by molar-refractivity contribution is 0.149. The van der Waals surface area contributed by atoms with Crippen LogP contribution in [-0.2, 0) is 4.74 Å². The van der Waals surface area contributed by atoms with Crippen molar-refractivity contribution in [2.75, 3.05) is 20.3 Å². The molecule has 2 unspecified atom stereocenters. The molecule has 0 aromatic heterocycles. The number of methoxy groups -OCH3 is 1. The van der Waals surface area contributed by atoms with Crippen molar-refractivity contribution >= 4 is 0 Å². The largest absolute Gasteiger partial charge is 0.384 e. The van der Waals surface area contributed by atoms with Crippen LogP contribution in [0.15, 0.2) is 18.2 Å². The Kier molecular flexibility index (Phi) is 7.03. The van der Waals surface area contributed by atoms with Crippen molar-refractivity contribution in [2.24, 2.45) is 5.92 Å². The number of aryl methyl sites for hydroxylation is 1. The van der Waals surface area contributed by atoms with Crippen LogP contribution in [0.4, 0.5) is 4.39 Å². The SMILES string of the molecule is CCCNC(CC(C)COC)c1cc(F)ccc1C. The standard InChI is InChI=1S/C16H26FNO/c1-5-8-18-16(9-12(2)11-19-4)15-10-14(17)7-6-13(15)3/h6-7,10,12,16,18H,5,8-9,11H2,1-4H3. The molecule has 0 amide bonds. The zero-order chi connectivity index (χ0) is 14.3. The molecule has 0 saturated carbocycles. The van der Waals surface area contributed by atoms with Gasteiger partial charge in [-0.25, -0.2) is 4.39 Å². The van der Waals surface area contributed by atoms with E-state index in [4.69, 9.17) is 4.74 Å². The topological polar surface area (TPSA) is 21.3 Å². The van der Waals surface area contributed by atoms with E-state index in [0.29, 0.717) is 5.92 Å². The van der Waals surface area contributed by atoms with E-state index in [-0.39, 0.29) is 11.9 Å². The third-order valence-corrected chi connectivity index (χ3v) is 3.35. The fraction of sp³-hybridized carbons (Fsp3) is 0.625. The summed E-state index contributed by atoms with van der Waals surface area (Å²) in [5, 5.41) is 3.52. The van der Waals surface area contributed by atoms with Crippen LogP contribution >= 0.6 is 0 Å². The number of nitrogens with one attached hydrogen (secondary N) is 1. The van der Waals surface area contributed by atoms with Gasteiger partial charge >= 0.3 is 0 Å². The number of rotatable bonds is 8. The van der Waals surface area contributed by atoms with Crippen LogP contribution in [0, 0.1) is 18.7 Å². The van der Waals surface area contributed by atoms with Crippen LogP contribution in [-0.4, -0.2) is 20.3 Å². The zero-order valence-corrected chi connectivity index (χ0v) is 12.5. The molecule has 0 aliphatic rings. The molecule has 1 aromatic carbocycles. The maximum absolute atomic E-state index is 13.5. The Hall–Kier alpha value is -0.930. The van der Waals surface area contributed by atoms with Gasteiger partial charge in [-0.1, -0.05) is 19.9 Å². The second-order valence-electron chi connectivity index (χ2n) is 5.30. The summed E-state index contributed by atoms with van der Waals surface area (Å²) in [7, 11) is 1.72. The molecule has 2 atom stereocenters. The predicted molar refractivity (Wildman–Crippen MR) is 77.8 cm³/mol. The fourth-order valence-corrected chi connectivity index (χ4v) is 2.38. The predicted octanol–water partition coefficient (Wildman–Crippen LogP) is 3.85. The third kappa shape index (κ3) is 5.29. The second-order valence-corrected chi connectivity index (χ2v) is 5.30. The van der Waals surface area contributed by atoms with Gasteiger partial charge in [0.1, 0.15) is 5.82 Å². The molecule has 0 spiro atoms. The van der Waals surface area contributed by atoms with Gasteiger partial charge in [0.15, 0.2) is 0 Å². The lowest BCUT2D eigenvalue weighted by Gasteiger charge is -2.24. The van der Waals surface area contributed by atoms with Gasteiger partial charge in [-0.3, -0.25) is 0 Å². The molecule has 0 aliphatic carbocycles. The second kappa shape index (κ2) is 8.28. The summed E-state index contributed by atoms with van der Waals surface area (Å²) >= 11 is 0. The molecular weight excluding hydrogens is 241 g/mol. The Labute approximate surface area is 116 Å². The molecule has 0 fully saturated rings. The van der Waals surface area contributed by atoms with Gasteiger partial charge in [-0.05, 0) is 55.5 Å². The average molecular weight is 267 g/mol. The quantitative estimate of drug-likeness (QED) is 0.772. The number of hydrogen-bond acceptors (Lipinski definition) is 2. The molecule has 1 N–H and O–H groups in total. The molecule has 108 valence electrons. The summed E-state index contributed by atoms with van der Waals surface area (Å²) in [6.45, 7) is 8.02. The van der Waals surface area contributed by atoms with E-state index in [1.54, 1.807) is 13.2 Å². The lowest BCUT2D eigenvalue weighted by Crippen LogP contribution is -2.25. The van der Waals surface area contributed by atoms with Gasteiger partial charge in [-0.2, -0.15) is 0 Å². The average Bonchev–Trinajstić information content (AvgIpc) is 2.38. The highest BCUT2D eigenvalue weighted by Crippen LogP contribution is 2.25. The molecule has 0 radical (unpaired) electrons. The molecule has 0 heterocycles. The van der Waals surface area contributed by atoms with Crippen molar-refractivity contribution in [3.8, 4) is 0 Å². The van der Waals surface area contributed by atoms with Crippen molar-refractivity contribution in [3.63, 3.8) is 0 Å². The Morgan fingerprint density at radius 3 is 2.74 bits per heavy atom. The molecule has 0 aliphatic heterocycles. The van der Waals surface area contributed by atoms with E-state index in [2.05, 4.69) is 19.2 Å². The first-order valence-corrected chi connectivity index (χ1v) is 7.06. The normalized spacial score (nSPS) is 14.4. The third-order valence-electron chi connectivity index (χ3n) is 3.35. The minimum atomic E-state index is -0.164. The first-order chi connectivity index (χ1) is 9.08. The summed E-state index contributed by atoms with van der Waals surface area (Å²) in [5.74, 6) is 0.283. The highest BCUT2D eigenvalue weighted by atomic mass is 19.1. The Balaban J connectivity index is 2.85. The van der Waals surface area contributed by atoms with Crippen molar-refractivity contribution in [2.45, 2.75) is 39.7 Å². The smallest absolute Gasteiger partial charge is 0.123 e.